The highest BCUT2D eigenvalue weighted by Crippen LogP contribution is 2.29. The van der Waals surface area contributed by atoms with Crippen molar-refractivity contribution in [3.63, 3.8) is 0 Å². The molecular formula is C23H21ClN2O4. The average molecular weight is 425 g/mol. The molecule has 0 spiro atoms. The number of ether oxygens (including phenoxy) is 2. The summed E-state index contributed by atoms with van der Waals surface area (Å²) in [6, 6.07) is 18.4. The molecular weight excluding hydrogens is 404 g/mol. The van der Waals surface area contributed by atoms with Crippen LogP contribution in [-0.2, 0) is 0 Å². The Bertz CT molecular complexity index is 1050. The highest BCUT2D eigenvalue weighted by atomic mass is 35.5. The van der Waals surface area contributed by atoms with Crippen LogP contribution in [0.3, 0.4) is 0 Å². The number of benzene rings is 3. The summed E-state index contributed by atoms with van der Waals surface area (Å²) in [6.07, 6.45) is 0. The van der Waals surface area contributed by atoms with Crippen LogP contribution < -0.4 is 20.1 Å². The molecule has 3 rings (SSSR count). The molecule has 30 heavy (non-hydrogen) atoms. The third-order valence-corrected chi connectivity index (χ3v) is 4.51. The van der Waals surface area contributed by atoms with Crippen LogP contribution >= 0.6 is 11.6 Å². The van der Waals surface area contributed by atoms with Gasteiger partial charge in [0.2, 0.25) is 0 Å². The summed E-state index contributed by atoms with van der Waals surface area (Å²) in [4.78, 5) is 25.3. The maximum absolute atomic E-state index is 12.8. The number of carbonyl (C=O) groups excluding carboxylic acids is 2. The van der Waals surface area contributed by atoms with E-state index in [2.05, 4.69) is 10.6 Å². The molecule has 3 aromatic rings. The number of rotatable bonds is 7. The molecule has 6 nitrogen and oxygen atoms in total. The van der Waals surface area contributed by atoms with Crippen molar-refractivity contribution < 1.29 is 19.1 Å². The second-order valence-electron chi connectivity index (χ2n) is 6.26. The van der Waals surface area contributed by atoms with Crippen LogP contribution in [0.2, 0.25) is 5.02 Å². The standard InChI is InChI=1S/C23H21ClN2O4/c1-3-30-21-14-16(10-13-20(21)29-2)23(28)26-19-7-5-4-6-18(19)25-22(27)15-8-11-17(24)12-9-15/h4-14H,3H2,1-2H3,(H,25,27)(H,26,28). The van der Waals surface area contributed by atoms with Crippen molar-refractivity contribution in [3.8, 4) is 11.5 Å². The van der Waals surface area contributed by atoms with Crippen molar-refractivity contribution in [3.05, 3.63) is 82.9 Å². The first kappa shape index (κ1) is 21.2. The third-order valence-electron chi connectivity index (χ3n) is 4.26. The first-order valence-corrected chi connectivity index (χ1v) is 9.67. The third kappa shape index (κ3) is 5.10. The monoisotopic (exact) mass is 424 g/mol. The van der Waals surface area contributed by atoms with Crippen molar-refractivity contribution in [1.82, 2.24) is 0 Å². The van der Waals surface area contributed by atoms with E-state index in [1.807, 2.05) is 6.92 Å². The molecule has 0 atom stereocenters. The lowest BCUT2D eigenvalue weighted by Gasteiger charge is -2.14. The van der Waals surface area contributed by atoms with Gasteiger partial charge in [0.1, 0.15) is 0 Å². The Kier molecular flexibility index (Phi) is 6.93. The maximum atomic E-state index is 12.8. The number of nitrogens with one attached hydrogen (secondary N) is 2. The van der Waals surface area contributed by atoms with Gasteiger partial charge in [-0.1, -0.05) is 23.7 Å². The highest BCUT2D eigenvalue weighted by molar-refractivity contribution is 6.30. The summed E-state index contributed by atoms with van der Waals surface area (Å²) < 4.78 is 10.8. The number of methoxy groups -OCH3 is 1. The van der Waals surface area contributed by atoms with Crippen LogP contribution in [0.4, 0.5) is 11.4 Å². The molecule has 2 amide bonds. The molecule has 0 radical (unpaired) electrons. The van der Waals surface area contributed by atoms with E-state index >= 15 is 0 Å². The zero-order valence-corrected chi connectivity index (χ0v) is 17.3. The Hall–Kier alpha value is -3.51. The van der Waals surface area contributed by atoms with Gasteiger partial charge in [-0.25, -0.2) is 0 Å². The van der Waals surface area contributed by atoms with Gasteiger partial charge in [0, 0.05) is 16.1 Å². The van der Waals surface area contributed by atoms with Gasteiger partial charge in [0.05, 0.1) is 25.1 Å². The smallest absolute Gasteiger partial charge is 0.255 e. The van der Waals surface area contributed by atoms with Crippen LogP contribution in [0, 0.1) is 0 Å². The van der Waals surface area contributed by atoms with E-state index < -0.39 is 0 Å². The van der Waals surface area contributed by atoms with Gasteiger partial charge in [0.15, 0.2) is 11.5 Å². The average Bonchev–Trinajstić information content (AvgIpc) is 2.75. The lowest BCUT2D eigenvalue weighted by atomic mass is 10.1. The van der Waals surface area contributed by atoms with Crippen molar-refractivity contribution in [1.29, 1.82) is 0 Å². The van der Waals surface area contributed by atoms with E-state index in [1.54, 1.807) is 66.7 Å². The Morgan fingerprint density at radius 3 is 1.97 bits per heavy atom. The Labute approximate surface area is 179 Å². The number of amides is 2. The van der Waals surface area contributed by atoms with Crippen LogP contribution in [0.1, 0.15) is 27.6 Å². The first-order chi connectivity index (χ1) is 14.5. The number of hydrogen-bond acceptors (Lipinski definition) is 4. The first-order valence-electron chi connectivity index (χ1n) is 9.30. The summed E-state index contributed by atoms with van der Waals surface area (Å²) in [7, 11) is 1.54. The molecule has 0 aliphatic rings. The molecule has 154 valence electrons. The van der Waals surface area contributed by atoms with E-state index in [4.69, 9.17) is 21.1 Å². The van der Waals surface area contributed by atoms with Crippen LogP contribution in [0.15, 0.2) is 66.7 Å². The van der Waals surface area contributed by atoms with Crippen molar-refractivity contribution in [2.24, 2.45) is 0 Å². The summed E-state index contributed by atoms with van der Waals surface area (Å²) in [5, 5.41) is 6.19. The highest BCUT2D eigenvalue weighted by Gasteiger charge is 2.14. The molecule has 0 saturated heterocycles. The normalized spacial score (nSPS) is 10.2. The summed E-state index contributed by atoms with van der Waals surface area (Å²) >= 11 is 5.87. The van der Waals surface area contributed by atoms with Crippen LogP contribution in [0.5, 0.6) is 11.5 Å². The fraction of sp³-hybridized carbons (Fsp3) is 0.130. The number of hydrogen-bond donors (Lipinski definition) is 2. The minimum atomic E-state index is -0.341. The zero-order chi connectivity index (χ0) is 21.5. The molecule has 0 aromatic heterocycles. The van der Waals surface area contributed by atoms with Gasteiger partial charge >= 0.3 is 0 Å². The Balaban J connectivity index is 1.79. The van der Waals surface area contributed by atoms with Gasteiger partial charge in [-0.15, -0.1) is 0 Å². The molecule has 7 heteroatoms. The minimum Gasteiger partial charge on any atom is -0.493 e. The van der Waals surface area contributed by atoms with Crippen LogP contribution in [-0.4, -0.2) is 25.5 Å². The summed E-state index contributed by atoms with van der Waals surface area (Å²) in [5.41, 5.74) is 1.80. The molecule has 0 unspecified atom stereocenters. The number of carbonyl (C=O) groups is 2. The predicted molar refractivity (Wildman–Crippen MR) is 118 cm³/mol. The number of para-hydroxylation sites is 2. The van der Waals surface area contributed by atoms with Crippen LogP contribution in [0.25, 0.3) is 0 Å². The van der Waals surface area contributed by atoms with Gasteiger partial charge < -0.3 is 20.1 Å². The SMILES string of the molecule is CCOc1cc(C(=O)Nc2ccccc2NC(=O)c2ccc(Cl)cc2)ccc1OC. The second kappa shape index (κ2) is 9.80. The molecule has 0 fully saturated rings. The lowest BCUT2D eigenvalue weighted by Crippen LogP contribution is -2.17. The Morgan fingerprint density at radius 2 is 1.40 bits per heavy atom. The fourth-order valence-electron chi connectivity index (χ4n) is 2.78. The number of anilines is 2. The molecule has 0 aliphatic carbocycles. The van der Waals surface area contributed by atoms with E-state index in [-0.39, 0.29) is 11.8 Å². The topological polar surface area (TPSA) is 76.7 Å². The zero-order valence-electron chi connectivity index (χ0n) is 16.6. The quantitative estimate of drug-likeness (QED) is 0.543. The maximum Gasteiger partial charge on any atom is 0.255 e. The van der Waals surface area contributed by atoms with Gasteiger partial charge in [-0.3, -0.25) is 9.59 Å². The molecule has 0 heterocycles. The van der Waals surface area contributed by atoms with Gasteiger partial charge in [-0.2, -0.15) is 0 Å². The molecule has 0 aliphatic heterocycles. The molecule has 0 saturated carbocycles. The van der Waals surface area contributed by atoms with E-state index in [0.29, 0.717) is 45.6 Å². The largest absolute Gasteiger partial charge is 0.493 e. The molecule has 0 bridgehead atoms. The molecule has 2 N–H and O–H groups in total. The van der Waals surface area contributed by atoms with Gasteiger partial charge in [0.25, 0.3) is 11.8 Å². The van der Waals surface area contributed by atoms with Crippen molar-refractivity contribution in [2.75, 3.05) is 24.4 Å². The molecule has 3 aromatic carbocycles. The fourth-order valence-corrected chi connectivity index (χ4v) is 2.90. The summed E-state index contributed by atoms with van der Waals surface area (Å²) in [5.74, 6) is 0.379. The van der Waals surface area contributed by atoms with E-state index in [1.165, 1.54) is 7.11 Å². The van der Waals surface area contributed by atoms with Crippen molar-refractivity contribution in [2.45, 2.75) is 6.92 Å². The van der Waals surface area contributed by atoms with E-state index in [0.717, 1.165) is 0 Å². The lowest BCUT2D eigenvalue weighted by molar-refractivity contribution is 0.101. The Morgan fingerprint density at radius 1 is 0.833 bits per heavy atom. The predicted octanol–water partition coefficient (Wildman–Crippen LogP) is 5.25. The number of halogens is 1. The van der Waals surface area contributed by atoms with Gasteiger partial charge in [-0.05, 0) is 61.5 Å². The minimum absolute atomic E-state index is 0.309. The second-order valence-corrected chi connectivity index (χ2v) is 6.70. The van der Waals surface area contributed by atoms with E-state index in [9.17, 15) is 9.59 Å². The van der Waals surface area contributed by atoms with Crippen molar-refractivity contribution >= 4 is 34.8 Å². The summed E-state index contributed by atoms with van der Waals surface area (Å²) in [6.45, 7) is 2.30.